The van der Waals surface area contributed by atoms with E-state index in [0.717, 1.165) is 29.1 Å². The summed E-state index contributed by atoms with van der Waals surface area (Å²) < 4.78 is 11.7. The van der Waals surface area contributed by atoms with Crippen LogP contribution in [-0.2, 0) is 14.3 Å². The van der Waals surface area contributed by atoms with Crippen LogP contribution in [0.2, 0.25) is 0 Å². The molecule has 2 atom stereocenters. The molecule has 0 unspecified atom stereocenters. The lowest BCUT2D eigenvalue weighted by Crippen LogP contribution is -2.44. The molecule has 9 nitrogen and oxygen atoms in total. The number of esters is 1. The number of benzene rings is 1. The molecule has 10 heteroatoms. The van der Waals surface area contributed by atoms with Gasteiger partial charge in [0.15, 0.2) is 11.6 Å². The van der Waals surface area contributed by atoms with Crippen molar-refractivity contribution in [2.75, 3.05) is 37.7 Å². The fourth-order valence-corrected chi connectivity index (χ4v) is 5.42. The zero-order valence-corrected chi connectivity index (χ0v) is 17.9. The average Bonchev–Trinajstić information content (AvgIpc) is 3.53. The molecule has 3 fully saturated rings. The summed E-state index contributed by atoms with van der Waals surface area (Å²) in [6.45, 7) is 3.12. The molecule has 0 aliphatic carbocycles. The quantitative estimate of drug-likeness (QED) is 0.602. The van der Waals surface area contributed by atoms with Gasteiger partial charge >= 0.3 is 5.97 Å². The Labute approximate surface area is 187 Å². The van der Waals surface area contributed by atoms with Crippen LogP contribution in [-0.4, -0.2) is 76.8 Å². The van der Waals surface area contributed by atoms with E-state index in [1.165, 1.54) is 11.0 Å². The number of morpholine rings is 2. The first kappa shape index (κ1) is 19.4. The van der Waals surface area contributed by atoms with Gasteiger partial charge in [0.25, 0.3) is 5.91 Å². The molecule has 2 bridgehead atoms. The molecule has 1 aromatic carbocycles. The Bertz CT molecular complexity index is 1240. The smallest absolute Gasteiger partial charge is 0.329 e. The number of phenols is 1. The standard InChI is InChI=1S/C22H20N4O5S/c27-14-8-12(7-13(9-14)21(28)26-11-15-10-17(26)22(29)31-15)19-23-16-1-6-32-18(16)20(24-19)25-2-4-30-5-3-25/h1,6-9,15,17,27H,2-5,10-11H2/t15-,17-/m1/s1. The number of carbonyl (C=O) groups is 2. The minimum Gasteiger partial charge on any atom is -0.508 e. The SMILES string of the molecule is O=C1O[C@@H]2C[C@H]1N(C(=O)c1cc(O)cc(-c3nc(N4CCOCC4)c4sccc4n3)c1)C2. The second-order valence-corrected chi connectivity index (χ2v) is 9.06. The Kier molecular flexibility index (Phi) is 4.51. The summed E-state index contributed by atoms with van der Waals surface area (Å²) in [5, 5.41) is 12.4. The number of thiophene rings is 1. The Hall–Kier alpha value is -3.24. The molecule has 0 radical (unpaired) electrons. The number of aromatic nitrogens is 2. The van der Waals surface area contributed by atoms with Crippen molar-refractivity contribution in [2.45, 2.75) is 18.6 Å². The van der Waals surface area contributed by atoms with Gasteiger partial charge in [0, 0.05) is 30.6 Å². The van der Waals surface area contributed by atoms with Crippen molar-refractivity contribution in [1.29, 1.82) is 0 Å². The lowest BCUT2D eigenvalue weighted by atomic mass is 10.1. The topological polar surface area (TPSA) is 105 Å². The van der Waals surface area contributed by atoms with Crippen LogP contribution in [0.1, 0.15) is 16.8 Å². The summed E-state index contributed by atoms with van der Waals surface area (Å²) in [5.74, 6) is 0.538. The van der Waals surface area contributed by atoms with Crippen molar-refractivity contribution in [3.05, 3.63) is 35.2 Å². The first-order valence-corrected chi connectivity index (χ1v) is 11.4. The molecule has 3 aromatic rings. The molecule has 1 amide bonds. The van der Waals surface area contributed by atoms with Crippen LogP contribution in [0.25, 0.3) is 21.6 Å². The first-order chi connectivity index (χ1) is 15.6. The fraction of sp³-hybridized carbons (Fsp3) is 0.364. The van der Waals surface area contributed by atoms with Crippen LogP contribution in [0, 0.1) is 0 Å². The Balaban J connectivity index is 1.39. The van der Waals surface area contributed by atoms with Gasteiger partial charge in [0.1, 0.15) is 17.9 Å². The summed E-state index contributed by atoms with van der Waals surface area (Å²) in [4.78, 5) is 38.3. The van der Waals surface area contributed by atoms with Crippen molar-refractivity contribution in [2.24, 2.45) is 0 Å². The number of ether oxygens (including phenoxy) is 2. The maximum absolute atomic E-state index is 13.1. The molecule has 2 aromatic heterocycles. The normalized spacial score (nSPS) is 22.6. The van der Waals surface area contributed by atoms with Crippen LogP contribution in [0.15, 0.2) is 29.6 Å². The predicted octanol–water partition coefficient (Wildman–Crippen LogP) is 2.04. The van der Waals surface area contributed by atoms with Crippen molar-refractivity contribution in [1.82, 2.24) is 14.9 Å². The minimum absolute atomic E-state index is 0.0558. The van der Waals surface area contributed by atoms with E-state index in [1.807, 2.05) is 11.4 Å². The van der Waals surface area contributed by atoms with Crippen LogP contribution < -0.4 is 4.90 Å². The number of rotatable bonds is 3. The van der Waals surface area contributed by atoms with Gasteiger partial charge in [-0.1, -0.05) is 0 Å². The highest BCUT2D eigenvalue weighted by Gasteiger charge is 2.48. The van der Waals surface area contributed by atoms with Gasteiger partial charge in [-0.15, -0.1) is 11.3 Å². The number of amides is 1. The average molecular weight is 452 g/mol. The number of likely N-dealkylation sites (tertiary alicyclic amines) is 1. The lowest BCUT2D eigenvalue weighted by molar-refractivity contribution is -0.149. The summed E-state index contributed by atoms with van der Waals surface area (Å²) in [6.07, 6.45) is 0.283. The molecule has 1 N–H and O–H groups in total. The zero-order chi connectivity index (χ0) is 21.8. The first-order valence-electron chi connectivity index (χ1n) is 10.5. The van der Waals surface area contributed by atoms with E-state index in [4.69, 9.17) is 14.5 Å². The van der Waals surface area contributed by atoms with Crippen molar-refractivity contribution in [3.8, 4) is 17.1 Å². The zero-order valence-electron chi connectivity index (χ0n) is 17.1. The summed E-state index contributed by atoms with van der Waals surface area (Å²) in [5.41, 5.74) is 1.66. The third-order valence-electron chi connectivity index (χ3n) is 6.10. The van der Waals surface area contributed by atoms with Crippen LogP contribution >= 0.6 is 11.3 Å². The van der Waals surface area contributed by atoms with E-state index in [9.17, 15) is 14.7 Å². The van der Waals surface area contributed by atoms with Gasteiger partial charge in [0.05, 0.1) is 30.0 Å². The van der Waals surface area contributed by atoms with Crippen LogP contribution in [0.5, 0.6) is 5.75 Å². The highest BCUT2D eigenvalue weighted by molar-refractivity contribution is 7.17. The van der Waals surface area contributed by atoms with Crippen molar-refractivity contribution < 1.29 is 24.2 Å². The lowest BCUT2D eigenvalue weighted by Gasteiger charge is -2.28. The van der Waals surface area contributed by atoms with E-state index in [0.29, 0.717) is 43.1 Å². The van der Waals surface area contributed by atoms with Gasteiger partial charge in [-0.25, -0.2) is 14.8 Å². The van der Waals surface area contributed by atoms with Crippen LogP contribution in [0.3, 0.4) is 0 Å². The Morgan fingerprint density at radius 1 is 1.19 bits per heavy atom. The molecule has 5 heterocycles. The van der Waals surface area contributed by atoms with Gasteiger partial charge in [-0.3, -0.25) is 4.79 Å². The molecule has 3 saturated heterocycles. The Morgan fingerprint density at radius 2 is 2.03 bits per heavy atom. The second kappa shape index (κ2) is 7.42. The van der Waals surface area contributed by atoms with E-state index in [1.54, 1.807) is 23.5 Å². The molecule has 3 aliphatic heterocycles. The third-order valence-corrected chi connectivity index (χ3v) is 7.00. The minimum atomic E-state index is -0.551. The molecule has 6 rings (SSSR count). The molecule has 0 saturated carbocycles. The molecule has 32 heavy (non-hydrogen) atoms. The van der Waals surface area contributed by atoms with Crippen molar-refractivity contribution in [3.63, 3.8) is 0 Å². The van der Waals surface area contributed by atoms with Crippen molar-refractivity contribution >= 4 is 39.2 Å². The number of anilines is 1. The molecule has 164 valence electrons. The van der Waals surface area contributed by atoms with Gasteiger partial charge in [0.2, 0.25) is 0 Å². The van der Waals surface area contributed by atoms with Gasteiger partial charge < -0.3 is 24.4 Å². The van der Waals surface area contributed by atoms with E-state index >= 15 is 0 Å². The molecular formula is C22H20N4O5S. The summed E-state index contributed by atoms with van der Waals surface area (Å²) >= 11 is 1.59. The van der Waals surface area contributed by atoms with Gasteiger partial charge in [-0.05, 0) is 29.6 Å². The largest absolute Gasteiger partial charge is 0.508 e. The number of hydrogen-bond acceptors (Lipinski definition) is 9. The van der Waals surface area contributed by atoms with E-state index < -0.39 is 6.04 Å². The maximum atomic E-state index is 13.1. The molecular weight excluding hydrogens is 432 g/mol. The number of fused-ring (bicyclic) bond motifs is 3. The van der Waals surface area contributed by atoms with Gasteiger partial charge in [-0.2, -0.15) is 0 Å². The molecule has 3 aliphatic rings. The monoisotopic (exact) mass is 452 g/mol. The van der Waals surface area contributed by atoms with E-state index in [-0.39, 0.29) is 23.7 Å². The second-order valence-electron chi connectivity index (χ2n) is 8.14. The van der Waals surface area contributed by atoms with E-state index in [2.05, 4.69) is 9.88 Å². The summed E-state index contributed by atoms with van der Waals surface area (Å²) in [7, 11) is 0. The fourth-order valence-electron chi connectivity index (χ4n) is 4.57. The molecule has 0 spiro atoms. The van der Waals surface area contributed by atoms with Crippen LogP contribution in [0.4, 0.5) is 5.82 Å². The highest BCUT2D eigenvalue weighted by atomic mass is 32.1. The Morgan fingerprint density at radius 3 is 2.81 bits per heavy atom. The maximum Gasteiger partial charge on any atom is 0.329 e. The number of phenolic OH excluding ortho intramolecular Hbond substituents is 1. The number of aromatic hydroxyl groups is 1. The number of nitrogens with zero attached hydrogens (tertiary/aromatic N) is 4. The third kappa shape index (κ3) is 3.18. The predicted molar refractivity (Wildman–Crippen MR) is 117 cm³/mol. The highest BCUT2D eigenvalue weighted by Crippen LogP contribution is 2.34. The number of carbonyl (C=O) groups excluding carboxylic acids is 2. The summed E-state index contributed by atoms with van der Waals surface area (Å²) in [6, 6.07) is 6.03. The number of hydrogen-bond donors (Lipinski definition) is 1.